The molecule has 0 aromatic carbocycles. The average molecular weight is 313 g/mol. The van der Waals surface area contributed by atoms with Gasteiger partial charge in [-0.1, -0.05) is 26.6 Å². The van der Waals surface area contributed by atoms with Crippen LogP contribution in [-0.4, -0.2) is 53.1 Å². The van der Waals surface area contributed by atoms with E-state index in [1.54, 1.807) is 6.82 Å². The first kappa shape index (κ1) is 18.9. The number of hydrogen-bond donors (Lipinski definition) is 5. The van der Waals surface area contributed by atoms with Gasteiger partial charge in [-0.2, -0.15) is 0 Å². The standard InChI is InChI=1S/C14H28BN3O4/c1-3-11(16)12(19)18-10-8-14(13(20)21,17-9-10)6-4-5-7-15(2)22/h10-11,17,22H,3-9,16H2,1-2H3,(H,18,19)(H,20,21)/t10-,11+,14-/m1/s1. The average Bonchev–Trinajstić information content (AvgIpc) is 2.87. The van der Waals surface area contributed by atoms with Crippen molar-refractivity contribution in [3.8, 4) is 0 Å². The topological polar surface area (TPSA) is 125 Å². The van der Waals surface area contributed by atoms with Crippen LogP contribution >= 0.6 is 0 Å². The summed E-state index contributed by atoms with van der Waals surface area (Å²) in [5.74, 6) is -1.12. The highest BCUT2D eigenvalue weighted by Crippen LogP contribution is 2.26. The van der Waals surface area contributed by atoms with Gasteiger partial charge in [0.05, 0.1) is 6.04 Å². The fraction of sp³-hybridized carbons (Fsp3) is 0.857. The van der Waals surface area contributed by atoms with Gasteiger partial charge >= 0.3 is 5.97 Å². The number of carbonyl (C=O) groups is 2. The minimum absolute atomic E-state index is 0.210. The van der Waals surface area contributed by atoms with Gasteiger partial charge in [0.2, 0.25) is 5.91 Å². The number of amides is 1. The Morgan fingerprint density at radius 2 is 2.18 bits per heavy atom. The third kappa shape index (κ3) is 5.26. The van der Waals surface area contributed by atoms with Crippen LogP contribution in [-0.2, 0) is 9.59 Å². The normalized spacial score (nSPS) is 25.7. The fourth-order valence-electron chi connectivity index (χ4n) is 2.81. The summed E-state index contributed by atoms with van der Waals surface area (Å²) in [6.07, 6.45) is 3.57. The van der Waals surface area contributed by atoms with E-state index in [4.69, 9.17) is 5.73 Å². The summed E-state index contributed by atoms with van der Waals surface area (Å²) in [6.45, 7) is 3.63. The molecule has 1 rings (SSSR count). The molecular formula is C14H28BN3O4. The molecule has 3 atom stereocenters. The summed E-state index contributed by atoms with van der Waals surface area (Å²) in [5.41, 5.74) is 4.68. The minimum Gasteiger partial charge on any atom is -0.480 e. The predicted molar refractivity (Wildman–Crippen MR) is 85.7 cm³/mol. The Bertz CT molecular complexity index is 394. The smallest absolute Gasteiger partial charge is 0.323 e. The van der Waals surface area contributed by atoms with E-state index < -0.39 is 17.6 Å². The van der Waals surface area contributed by atoms with Crippen molar-refractivity contribution >= 4 is 18.8 Å². The largest absolute Gasteiger partial charge is 0.480 e. The molecule has 6 N–H and O–H groups in total. The van der Waals surface area contributed by atoms with Crippen molar-refractivity contribution in [2.45, 2.75) is 69.8 Å². The van der Waals surface area contributed by atoms with Crippen LogP contribution in [0.4, 0.5) is 0 Å². The Morgan fingerprint density at radius 3 is 2.73 bits per heavy atom. The number of unbranched alkanes of at least 4 members (excludes halogenated alkanes) is 1. The number of nitrogens with two attached hydrogens (primary N) is 1. The number of carboxylic acid groups (broad SMARTS) is 1. The molecule has 1 aliphatic rings. The number of carboxylic acids is 1. The highest BCUT2D eigenvalue weighted by molar-refractivity contribution is 6.48. The van der Waals surface area contributed by atoms with E-state index in [0.29, 0.717) is 32.1 Å². The molecule has 1 amide bonds. The molecule has 1 heterocycles. The van der Waals surface area contributed by atoms with Crippen LogP contribution in [0.5, 0.6) is 0 Å². The van der Waals surface area contributed by atoms with E-state index in [-0.39, 0.29) is 18.9 Å². The van der Waals surface area contributed by atoms with Crippen molar-refractivity contribution in [1.82, 2.24) is 10.6 Å². The molecule has 7 nitrogen and oxygen atoms in total. The van der Waals surface area contributed by atoms with E-state index in [2.05, 4.69) is 10.6 Å². The van der Waals surface area contributed by atoms with Crippen molar-refractivity contribution in [1.29, 1.82) is 0 Å². The molecule has 0 spiro atoms. The van der Waals surface area contributed by atoms with E-state index in [1.165, 1.54) is 0 Å². The molecule has 0 aliphatic carbocycles. The number of carbonyl (C=O) groups excluding carboxylic acids is 1. The van der Waals surface area contributed by atoms with Crippen LogP contribution in [0.2, 0.25) is 13.1 Å². The Hall–Kier alpha value is -1.12. The first-order chi connectivity index (χ1) is 10.3. The highest BCUT2D eigenvalue weighted by Gasteiger charge is 2.45. The molecule has 1 fully saturated rings. The predicted octanol–water partition coefficient (Wildman–Crippen LogP) is -0.191. The molecule has 0 bridgehead atoms. The Morgan fingerprint density at radius 1 is 1.50 bits per heavy atom. The molecule has 0 aromatic rings. The van der Waals surface area contributed by atoms with E-state index in [0.717, 1.165) is 12.8 Å². The van der Waals surface area contributed by atoms with Gasteiger partial charge in [-0.3, -0.25) is 14.9 Å². The van der Waals surface area contributed by atoms with Crippen LogP contribution < -0.4 is 16.4 Å². The number of nitrogens with one attached hydrogen (secondary N) is 2. The molecule has 1 aliphatic heterocycles. The summed E-state index contributed by atoms with van der Waals surface area (Å²) < 4.78 is 0. The van der Waals surface area contributed by atoms with Gasteiger partial charge in [-0.05, 0) is 25.6 Å². The molecule has 8 heteroatoms. The van der Waals surface area contributed by atoms with Crippen LogP contribution in [0.25, 0.3) is 0 Å². The SMILES string of the molecule is CC[C@H](N)C(=O)N[C@H]1CN[C@@](CCCCB(C)O)(C(=O)O)C1. The van der Waals surface area contributed by atoms with Crippen molar-refractivity contribution in [3.63, 3.8) is 0 Å². The summed E-state index contributed by atoms with van der Waals surface area (Å²) in [5, 5.41) is 24.6. The van der Waals surface area contributed by atoms with Gasteiger partial charge in [0.15, 0.2) is 0 Å². The second-order valence-electron chi connectivity index (χ2n) is 6.29. The number of rotatable bonds is 9. The maximum Gasteiger partial charge on any atom is 0.323 e. The van der Waals surface area contributed by atoms with Gasteiger partial charge in [0.1, 0.15) is 5.54 Å². The van der Waals surface area contributed by atoms with Gasteiger partial charge in [0.25, 0.3) is 6.92 Å². The first-order valence-electron chi connectivity index (χ1n) is 8.03. The second-order valence-corrected chi connectivity index (χ2v) is 6.29. The van der Waals surface area contributed by atoms with E-state index >= 15 is 0 Å². The third-order valence-electron chi connectivity index (χ3n) is 4.29. The molecule has 0 radical (unpaired) electrons. The van der Waals surface area contributed by atoms with Crippen molar-refractivity contribution in [3.05, 3.63) is 0 Å². The zero-order valence-electron chi connectivity index (χ0n) is 13.5. The Kier molecular flexibility index (Phi) is 7.31. The molecule has 126 valence electrons. The third-order valence-corrected chi connectivity index (χ3v) is 4.29. The van der Waals surface area contributed by atoms with Gasteiger partial charge in [0, 0.05) is 12.6 Å². The highest BCUT2D eigenvalue weighted by atomic mass is 16.4. The molecule has 22 heavy (non-hydrogen) atoms. The van der Waals surface area contributed by atoms with Crippen molar-refractivity contribution < 1.29 is 19.7 Å². The Balaban J connectivity index is 2.52. The quantitative estimate of drug-likeness (QED) is 0.297. The minimum atomic E-state index is -0.993. The molecule has 1 saturated heterocycles. The number of hydrogen-bond acceptors (Lipinski definition) is 5. The maximum absolute atomic E-state index is 11.8. The zero-order valence-corrected chi connectivity index (χ0v) is 13.5. The maximum atomic E-state index is 11.8. The lowest BCUT2D eigenvalue weighted by Gasteiger charge is -2.25. The monoisotopic (exact) mass is 313 g/mol. The summed E-state index contributed by atoms with van der Waals surface area (Å²) >= 11 is 0. The number of aliphatic carboxylic acids is 1. The van der Waals surface area contributed by atoms with Gasteiger partial charge < -0.3 is 21.2 Å². The molecular weight excluding hydrogens is 285 g/mol. The Labute approximate surface area is 132 Å². The molecule has 0 aromatic heterocycles. The van der Waals surface area contributed by atoms with Crippen LogP contribution in [0, 0.1) is 0 Å². The summed E-state index contributed by atoms with van der Waals surface area (Å²) in [6, 6.07) is -0.760. The zero-order chi connectivity index (χ0) is 16.8. The fourth-order valence-corrected chi connectivity index (χ4v) is 2.81. The first-order valence-corrected chi connectivity index (χ1v) is 8.03. The lowest BCUT2D eigenvalue weighted by molar-refractivity contribution is -0.144. The van der Waals surface area contributed by atoms with Crippen molar-refractivity contribution in [2.24, 2.45) is 5.73 Å². The lowest BCUT2D eigenvalue weighted by Crippen LogP contribution is -2.48. The van der Waals surface area contributed by atoms with E-state index in [9.17, 15) is 19.7 Å². The summed E-state index contributed by atoms with van der Waals surface area (Å²) in [4.78, 5) is 23.4. The molecule has 0 unspecified atom stereocenters. The van der Waals surface area contributed by atoms with Crippen LogP contribution in [0.1, 0.15) is 39.0 Å². The van der Waals surface area contributed by atoms with Crippen LogP contribution in [0.15, 0.2) is 0 Å². The van der Waals surface area contributed by atoms with Crippen LogP contribution in [0.3, 0.4) is 0 Å². The second kappa shape index (κ2) is 8.50. The van der Waals surface area contributed by atoms with Gasteiger partial charge in [-0.15, -0.1) is 0 Å². The summed E-state index contributed by atoms with van der Waals surface area (Å²) in [7, 11) is 0. The van der Waals surface area contributed by atoms with Gasteiger partial charge in [-0.25, -0.2) is 0 Å². The molecule has 0 saturated carbocycles. The van der Waals surface area contributed by atoms with E-state index in [1.807, 2.05) is 6.92 Å². The lowest BCUT2D eigenvalue weighted by atomic mass is 9.66. The van der Waals surface area contributed by atoms with Crippen molar-refractivity contribution in [2.75, 3.05) is 6.54 Å².